The smallest absolute Gasteiger partial charge is 0.415 e. The molecule has 0 spiro atoms. The van der Waals surface area contributed by atoms with Gasteiger partial charge in [0.1, 0.15) is 0 Å². The number of anilines is 1. The number of carbonyl (C=O) groups is 1. The van der Waals surface area contributed by atoms with Crippen LogP contribution in [0.3, 0.4) is 0 Å². The molecule has 0 aliphatic heterocycles. The van der Waals surface area contributed by atoms with Crippen molar-refractivity contribution in [1.29, 1.82) is 0 Å². The van der Waals surface area contributed by atoms with Crippen molar-refractivity contribution >= 4 is 29.8 Å². The maximum atomic E-state index is 13.1. The lowest BCUT2D eigenvalue weighted by molar-refractivity contribution is 0.102. The molecule has 2 rings (SSSR count). The van der Waals surface area contributed by atoms with Crippen LogP contribution in [-0.4, -0.2) is 17.8 Å². The molecule has 0 saturated carbocycles. The maximum absolute atomic E-state index is 13.1. The Morgan fingerprint density at radius 2 is 1.77 bits per heavy atom. The third-order valence-electron chi connectivity index (χ3n) is 3.55. The Morgan fingerprint density at radius 3 is 2.42 bits per heavy atom. The van der Waals surface area contributed by atoms with Crippen LogP contribution in [0.25, 0.3) is 0 Å². The molecule has 7 heteroatoms. The van der Waals surface area contributed by atoms with Gasteiger partial charge < -0.3 is 9.84 Å². The first-order chi connectivity index (χ1) is 12.5. The minimum Gasteiger partial charge on any atom is -0.415 e. The predicted molar refractivity (Wildman–Crippen MR) is 108 cm³/mol. The molecule has 2 aromatic carbocycles. The average molecular weight is 393 g/mol. The number of nitrogens with one attached hydrogen (secondary N) is 1. The predicted octanol–water partition coefficient (Wildman–Crippen LogP) is 5.99. The summed E-state index contributed by atoms with van der Waals surface area (Å²) in [5.74, 6) is 0.0619. The van der Waals surface area contributed by atoms with Gasteiger partial charge in [-0.1, -0.05) is 44.2 Å². The van der Waals surface area contributed by atoms with E-state index in [-0.39, 0.29) is 17.8 Å². The van der Waals surface area contributed by atoms with E-state index in [1.165, 1.54) is 11.4 Å². The topological polar surface area (TPSA) is 64.6 Å². The van der Waals surface area contributed by atoms with Gasteiger partial charge in [0.25, 0.3) is 5.91 Å². The highest BCUT2D eigenvalue weighted by Crippen LogP contribution is 2.62. The highest BCUT2D eigenvalue weighted by Gasteiger charge is 2.30. The van der Waals surface area contributed by atoms with Crippen LogP contribution in [0.5, 0.6) is 5.75 Å². The molecule has 0 bridgehead atoms. The molecular weight excluding hydrogens is 369 g/mol. The van der Waals surface area contributed by atoms with Gasteiger partial charge in [-0.15, -0.1) is 0 Å². The van der Waals surface area contributed by atoms with Crippen LogP contribution in [-0.2, 0) is 9.09 Å². The molecule has 0 aliphatic rings. The van der Waals surface area contributed by atoms with E-state index < -0.39 is 6.80 Å². The number of hydrogen-bond acceptors (Lipinski definition) is 5. The number of amides is 1. The Labute approximate surface area is 158 Å². The summed E-state index contributed by atoms with van der Waals surface area (Å²) in [7, 11) is 0. The normalized spacial score (nSPS) is 14.3. The Bertz CT molecular complexity index is 769. The third-order valence-corrected chi connectivity index (χ3v) is 7.89. The van der Waals surface area contributed by atoms with E-state index in [1.54, 1.807) is 55.5 Å². The Morgan fingerprint density at radius 1 is 1.12 bits per heavy atom. The maximum Gasteiger partial charge on any atom is 0.440 e. The summed E-state index contributed by atoms with van der Waals surface area (Å²) in [6, 6.07) is 15.8. The van der Waals surface area contributed by atoms with Gasteiger partial charge in [-0.3, -0.25) is 9.32 Å². The van der Waals surface area contributed by atoms with E-state index >= 15 is 0 Å². The van der Waals surface area contributed by atoms with Gasteiger partial charge in [-0.2, -0.15) is 0 Å². The summed E-state index contributed by atoms with van der Waals surface area (Å²) in [6.07, 6.45) is 0.845. The quantitative estimate of drug-likeness (QED) is 0.530. The molecule has 1 amide bonds. The summed E-state index contributed by atoms with van der Waals surface area (Å²) in [4.78, 5) is 12.4. The number of hydrogen-bond donors (Lipinski definition) is 1. The van der Waals surface area contributed by atoms with Gasteiger partial charge in [0.15, 0.2) is 5.75 Å². The second kappa shape index (κ2) is 9.81. The molecule has 0 heterocycles. The molecule has 2 unspecified atom stereocenters. The first-order valence-electron chi connectivity index (χ1n) is 8.55. The van der Waals surface area contributed by atoms with Gasteiger partial charge in [-0.25, -0.2) is 4.57 Å². The van der Waals surface area contributed by atoms with Crippen molar-refractivity contribution in [3.63, 3.8) is 0 Å². The van der Waals surface area contributed by atoms with E-state index in [0.717, 1.165) is 6.42 Å². The first-order valence-corrected chi connectivity index (χ1v) is 11.6. The molecule has 2 aromatic rings. The zero-order valence-electron chi connectivity index (χ0n) is 15.2. The van der Waals surface area contributed by atoms with Crippen molar-refractivity contribution in [3.05, 3.63) is 60.2 Å². The van der Waals surface area contributed by atoms with E-state index in [0.29, 0.717) is 17.0 Å². The highest BCUT2D eigenvalue weighted by molar-refractivity contribution is 8.55. The van der Waals surface area contributed by atoms with Crippen molar-refractivity contribution in [2.45, 2.75) is 32.4 Å². The number of benzene rings is 2. The second-order valence-corrected chi connectivity index (χ2v) is 9.92. The summed E-state index contributed by atoms with van der Waals surface area (Å²) >= 11 is 1.19. The SMILES string of the molecule is CCOP(=O)(Oc1ccccc1NC(=O)c1ccccc1)SC(C)CC. The standard InChI is InChI=1S/C19H24NO4PS/c1-4-15(3)26-25(22,23-5-2)24-18-14-10-9-13-17(18)20-19(21)16-11-7-6-8-12-16/h6-15H,4-5H2,1-3H3,(H,20,21). The van der Waals surface area contributed by atoms with Crippen molar-refractivity contribution in [2.24, 2.45) is 0 Å². The minimum absolute atomic E-state index is 0.124. The molecule has 5 nitrogen and oxygen atoms in total. The van der Waals surface area contributed by atoms with Gasteiger partial charge in [0.05, 0.1) is 12.3 Å². The summed E-state index contributed by atoms with van der Waals surface area (Å²) < 4.78 is 24.3. The monoisotopic (exact) mass is 393 g/mol. The molecule has 2 atom stereocenters. The Kier molecular flexibility index (Phi) is 7.76. The largest absolute Gasteiger partial charge is 0.440 e. The highest BCUT2D eigenvalue weighted by atomic mass is 32.7. The lowest BCUT2D eigenvalue weighted by Crippen LogP contribution is -2.12. The van der Waals surface area contributed by atoms with E-state index in [1.807, 2.05) is 19.9 Å². The van der Waals surface area contributed by atoms with Crippen LogP contribution >= 0.6 is 18.2 Å². The summed E-state index contributed by atoms with van der Waals surface area (Å²) in [6.45, 7) is 2.65. The number of carbonyl (C=O) groups excluding carboxylic acids is 1. The molecule has 140 valence electrons. The first kappa shape index (κ1) is 20.6. The van der Waals surface area contributed by atoms with E-state index in [2.05, 4.69) is 5.32 Å². The van der Waals surface area contributed by atoms with Crippen LogP contribution in [0.1, 0.15) is 37.6 Å². The third kappa shape index (κ3) is 5.90. The summed E-state index contributed by atoms with van der Waals surface area (Å²) in [5.41, 5.74) is 0.982. The zero-order chi connectivity index (χ0) is 19.0. The average Bonchev–Trinajstić information content (AvgIpc) is 2.64. The minimum atomic E-state index is -3.39. The molecule has 0 saturated heterocycles. The second-order valence-electron chi connectivity index (χ2n) is 5.60. The van der Waals surface area contributed by atoms with Gasteiger partial charge in [-0.05, 0) is 49.0 Å². The molecule has 26 heavy (non-hydrogen) atoms. The zero-order valence-corrected chi connectivity index (χ0v) is 16.9. The lowest BCUT2D eigenvalue weighted by Gasteiger charge is -2.21. The van der Waals surface area contributed by atoms with Crippen LogP contribution in [0.4, 0.5) is 5.69 Å². The number of para-hydroxylation sites is 2. The van der Waals surface area contributed by atoms with Gasteiger partial charge in [0, 0.05) is 10.8 Å². The fourth-order valence-corrected chi connectivity index (χ4v) is 6.19. The molecule has 0 aliphatic carbocycles. The lowest BCUT2D eigenvalue weighted by atomic mass is 10.2. The fraction of sp³-hybridized carbons (Fsp3) is 0.316. The number of rotatable bonds is 9. The van der Waals surface area contributed by atoms with Gasteiger partial charge >= 0.3 is 6.80 Å². The van der Waals surface area contributed by atoms with Crippen LogP contribution in [0.2, 0.25) is 0 Å². The molecular formula is C19H24NO4PS. The van der Waals surface area contributed by atoms with E-state index in [4.69, 9.17) is 9.05 Å². The van der Waals surface area contributed by atoms with Crippen LogP contribution in [0, 0.1) is 0 Å². The molecule has 0 fully saturated rings. The van der Waals surface area contributed by atoms with Crippen LogP contribution in [0.15, 0.2) is 54.6 Å². The van der Waals surface area contributed by atoms with E-state index in [9.17, 15) is 9.36 Å². The molecule has 0 aromatic heterocycles. The van der Waals surface area contributed by atoms with Crippen molar-refractivity contribution in [2.75, 3.05) is 11.9 Å². The molecule has 1 N–H and O–H groups in total. The van der Waals surface area contributed by atoms with Crippen LogP contribution < -0.4 is 9.84 Å². The molecule has 0 radical (unpaired) electrons. The van der Waals surface area contributed by atoms with Crippen molar-refractivity contribution in [1.82, 2.24) is 0 Å². The van der Waals surface area contributed by atoms with Crippen molar-refractivity contribution < 1.29 is 18.4 Å². The summed E-state index contributed by atoms with van der Waals surface area (Å²) in [5, 5.41) is 2.93. The Balaban J connectivity index is 2.21. The van der Waals surface area contributed by atoms with Crippen molar-refractivity contribution in [3.8, 4) is 5.75 Å². The van der Waals surface area contributed by atoms with Gasteiger partial charge in [0.2, 0.25) is 0 Å². The Hall–Kier alpha value is -1.75. The fourth-order valence-electron chi connectivity index (χ4n) is 2.09.